The average molecular weight is 370 g/mol. The van der Waals surface area contributed by atoms with Gasteiger partial charge in [0, 0.05) is 0 Å². The molecule has 0 aliphatic carbocycles. The molecule has 0 amide bonds. The van der Waals surface area contributed by atoms with Gasteiger partial charge in [0.05, 0.1) is 6.21 Å². The van der Waals surface area contributed by atoms with Crippen molar-refractivity contribution in [2.75, 3.05) is 0 Å². The molecular formula is C18H15FN4O2S. The van der Waals surface area contributed by atoms with E-state index in [4.69, 9.17) is 17.0 Å². The van der Waals surface area contributed by atoms with E-state index in [0.29, 0.717) is 12.4 Å². The van der Waals surface area contributed by atoms with E-state index in [-0.39, 0.29) is 21.8 Å². The standard InChI is InChI=1S/C18H15FN4O2S/c1-12-17(24)23(18(26)22-21-12)20-10-13-4-8-16(9-5-13)25-11-14-2-6-15(19)7-3-14/h2-10H,11H2,1H3,(H,22,26)/b20-10+. The molecule has 2 aromatic carbocycles. The first-order valence-electron chi connectivity index (χ1n) is 7.73. The normalized spacial score (nSPS) is 11.0. The van der Waals surface area contributed by atoms with Gasteiger partial charge in [0.25, 0.3) is 5.56 Å². The molecule has 0 aliphatic rings. The first-order chi connectivity index (χ1) is 12.5. The molecule has 1 N–H and O–H groups in total. The largest absolute Gasteiger partial charge is 0.489 e. The topological polar surface area (TPSA) is 72.3 Å². The molecule has 26 heavy (non-hydrogen) atoms. The summed E-state index contributed by atoms with van der Waals surface area (Å²) in [6, 6.07) is 13.3. The molecule has 0 saturated heterocycles. The fourth-order valence-corrected chi connectivity index (χ4v) is 2.27. The highest BCUT2D eigenvalue weighted by atomic mass is 32.1. The number of nitrogens with zero attached hydrogens (tertiary/aromatic N) is 3. The van der Waals surface area contributed by atoms with Gasteiger partial charge in [-0.05, 0) is 66.7 Å². The van der Waals surface area contributed by atoms with E-state index < -0.39 is 0 Å². The van der Waals surface area contributed by atoms with Crippen LogP contribution in [0.2, 0.25) is 0 Å². The number of nitrogens with one attached hydrogen (secondary N) is 1. The Hall–Kier alpha value is -3.13. The van der Waals surface area contributed by atoms with Gasteiger partial charge in [0.1, 0.15) is 23.9 Å². The lowest BCUT2D eigenvalue weighted by Crippen LogP contribution is -2.22. The Morgan fingerprint density at radius 3 is 2.62 bits per heavy atom. The SMILES string of the molecule is Cc1n[nH]c(=S)n(/N=C/c2ccc(OCc3ccc(F)cc3)cc2)c1=O. The zero-order valence-corrected chi connectivity index (χ0v) is 14.7. The molecule has 3 aromatic rings. The maximum atomic E-state index is 12.9. The number of hydrogen-bond donors (Lipinski definition) is 1. The lowest BCUT2D eigenvalue weighted by Gasteiger charge is -2.06. The summed E-state index contributed by atoms with van der Waals surface area (Å²) in [6.45, 7) is 1.92. The summed E-state index contributed by atoms with van der Waals surface area (Å²) in [4.78, 5) is 12.0. The van der Waals surface area contributed by atoms with Crippen molar-refractivity contribution in [3.8, 4) is 5.75 Å². The number of benzene rings is 2. The van der Waals surface area contributed by atoms with Gasteiger partial charge < -0.3 is 4.74 Å². The average Bonchev–Trinajstić information content (AvgIpc) is 2.65. The molecule has 0 bridgehead atoms. The summed E-state index contributed by atoms with van der Waals surface area (Å²) in [7, 11) is 0. The van der Waals surface area contributed by atoms with Crippen LogP contribution in [0.25, 0.3) is 0 Å². The van der Waals surface area contributed by atoms with Crippen molar-refractivity contribution < 1.29 is 9.13 Å². The molecular weight excluding hydrogens is 355 g/mol. The third kappa shape index (κ3) is 4.28. The Bertz CT molecular complexity index is 1040. The van der Waals surface area contributed by atoms with Gasteiger partial charge in [0.2, 0.25) is 4.77 Å². The highest BCUT2D eigenvalue weighted by Gasteiger charge is 2.01. The van der Waals surface area contributed by atoms with E-state index in [9.17, 15) is 9.18 Å². The number of hydrogen-bond acceptors (Lipinski definition) is 5. The molecule has 0 unspecified atom stereocenters. The van der Waals surface area contributed by atoms with Crippen LogP contribution in [0, 0.1) is 17.5 Å². The highest BCUT2D eigenvalue weighted by Crippen LogP contribution is 2.14. The van der Waals surface area contributed by atoms with Crippen molar-refractivity contribution in [2.45, 2.75) is 13.5 Å². The molecule has 0 spiro atoms. The fourth-order valence-electron chi connectivity index (χ4n) is 2.10. The van der Waals surface area contributed by atoms with Gasteiger partial charge in [-0.3, -0.25) is 9.89 Å². The van der Waals surface area contributed by atoms with E-state index in [1.807, 2.05) is 0 Å². The Kier molecular flexibility index (Phi) is 5.33. The van der Waals surface area contributed by atoms with E-state index >= 15 is 0 Å². The third-order valence-corrected chi connectivity index (χ3v) is 3.80. The minimum absolute atomic E-state index is 0.121. The second-order valence-electron chi connectivity index (χ2n) is 5.46. The van der Waals surface area contributed by atoms with Crippen LogP contribution in [-0.2, 0) is 6.61 Å². The Morgan fingerprint density at radius 1 is 1.23 bits per heavy atom. The zero-order chi connectivity index (χ0) is 18.5. The number of ether oxygens (including phenoxy) is 1. The maximum absolute atomic E-state index is 12.9. The summed E-state index contributed by atoms with van der Waals surface area (Å²) < 4.78 is 19.7. The van der Waals surface area contributed by atoms with Crippen LogP contribution in [0.5, 0.6) is 5.75 Å². The monoisotopic (exact) mass is 370 g/mol. The first kappa shape index (κ1) is 17.7. The smallest absolute Gasteiger partial charge is 0.296 e. The Labute approximate surface area is 153 Å². The van der Waals surface area contributed by atoms with E-state index in [1.165, 1.54) is 18.3 Å². The molecule has 0 saturated carbocycles. The van der Waals surface area contributed by atoms with Gasteiger partial charge in [-0.1, -0.05) is 12.1 Å². The van der Waals surface area contributed by atoms with Crippen LogP contribution >= 0.6 is 12.2 Å². The highest BCUT2D eigenvalue weighted by molar-refractivity contribution is 7.71. The number of rotatable bonds is 5. The molecule has 0 atom stereocenters. The molecule has 1 aromatic heterocycles. The summed E-state index contributed by atoms with van der Waals surface area (Å²) >= 11 is 5.01. The summed E-state index contributed by atoms with van der Waals surface area (Å²) in [6.07, 6.45) is 1.52. The van der Waals surface area contributed by atoms with Crippen LogP contribution in [0.1, 0.15) is 16.8 Å². The van der Waals surface area contributed by atoms with E-state index in [1.54, 1.807) is 43.3 Å². The molecule has 0 fully saturated rings. The Morgan fingerprint density at radius 2 is 1.92 bits per heavy atom. The summed E-state index contributed by atoms with van der Waals surface area (Å²) in [5.74, 6) is 0.390. The maximum Gasteiger partial charge on any atom is 0.296 e. The lowest BCUT2D eigenvalue weighted by atomic mass is 10.2. The van der Waals surface area contributed by atoms with Crippen molar-refractivity contribution in [2.24, 2.45) is 5.10 Å². The van der Waals surface area contributed by atoms with Gasteiger partial charge in [0.15, 0.2) is 0 Å². The molecule has 0 aliphatic heterocycles. The summed E-state index contributed by atoms with van der Waals surface area (Å²) in [5, 5.41) is 10.4. The second-order valence-corrected chi connectivity index (χ2v) is 5.85. The zero-order valence-electron chi connectivity index (χ0n) is 13.8. The van der Waals surface area contributed by atoms with Crippen molar-refractivity contribution in [1.82, 2.24) is 14.9 Å². The molecule has 3 rings (SSSR count). The lowest BCUT2D eigenvalue weighted by molar-refractivity contribution is 0.306. The number of aryl methyl sites for hydroxylation is 1. The fraction of sp³-hybridized carbons (Fsp3) is 0.111. The number of H-pyrrole nitrogens is 1. The predicted octanol–water partition coefficient (Wildman–Crippen LogP) is 3.21. The molecule has 1 heterocycles. The van der Waals surface area contributed by atoms with Crippen molar-refractivity contribution >= 4 is 18.4 Å². The first-order valence-corrected chi connectivity index (χ1v) is 8.14. The number of aromatic nitrogens is 3. The van der Waals surface area contributed by atoms with Gasteiger partial charge in [-0.15, -0.1) is 0 Å². The minimum Gasteiger partial charge on any atom is -0.489 e. The Balaban J connectivity index is 1.68. The molecule has 132 valence electrons. The quantitative estimate of drug-likeness (QED) is 0.553. The second kappa shape index (κ2) is 7.83. The molecule has 8 heteroatoms. The van der Waals surface area contributed by atoms with Crippen molar-refractivity contribution in [3.63, 3.8) is 0 Å². The van der Waals surface area contributed by atoms with E-state index in [0.717, 1.165) is 15.8 Å². The van der Waals surface area contributed by atoms with Crippen LogP contribution in [0.3, 0.4) is 0 Å². The van der Waals surface area contributed by atoms with Crippen molar-refractivity contribution in [1.29, 1.82) is 0 Å². The minimum atomic E-state index is -0.371. The predicted molar refractivity (Wildman–Crippen MR) is 98.6 cm³/mol. The van der Waals surface area contributed by atoms with Crippen LogP contribution in [0.4, 0.5) is 4.39 Å². The summed E-state index contributed by atoms with van der Waals surface area (Å²) in [5.41, 5.74) is 1.55. The van der Waals surface area contributed by atoms with Crippen LogP contribution in [0.15, 0.2) is 58.4 Å². The number of aromatic amines is 1. The van der Waals surface area contributed by atoms with Gasteiger partial charge >= 0.3 is 0 Å². The van der Waals surface area contributed by atoms with Crippen LogP contribution in [-0.4, -0.2) is 21.1 Å². The van der Waals surface area contributed by atoms with Gasteiger partial charge in [-0.25, -0.2) is 4.39 Å². The molecule has 6 nitrogen and oxygen atoms in total. The third-order valence-electron chi connectivity index (χ3n) is 3.53. The van der Waals surface area contributed by atoms with Gasteiger partial charge in [-0.2, -0.15) is 14.9 Å². The van der Waals surface area contributed by atoms with Crippen LogP contribution < -0.4 is 10.3 Å². The van der Waals surface area contributed by atoms with Crippen molar-refractivity contribution in [3.05, 3.63) is 86.3 Å². The van der Waals surface area contributed by atoms with E-state index in [2.05, 4.69) is 15.3 Å². The molecule has 0 radical (unpaired) electrons. The number of halogens is 1.